The van der Waals surface area contributed by atoms with E-state index in [2.05, 4.69) is 10.2 Å². The van der Waals surface area contributed by atoms with E-state index < -0.39 is 70.7 Å². The summed E-state index contributed by atoms with van der Waals surface area (Å²) in [5.74, 6) is -0.916. The van der Waals surface area contributed by atoms with Gasteiger partial charge in [-0.25, -0.2) is 30.0 Å². The number of ether oxygens (including phenoxy) is 2. The maximum absolute atomic E-state index is 14.4. The Bertz CT molecular complexity index is 2600. The first kappa shape index (κ1) is 50.8. The van der Waals surface area contributed by atoms with Crippen molar-refractivity contribution in [1.29, 1.82) is 0 Å². The van der Waals surface area contributed by atoms with Crippen molar-refractivity contribution in [3.05, 3.63) is 93.3 Å². The molecule has 68 heavy (non-hydrogen) atoms. The highest BCUT2D eigenvalue weighted by molar-refractivity contribution is 7.90. The fourth-order valence-corrected chi connectivity index (χ4v) is 11.5. The van der Waals surface area contributed by atoms with Crippen LogP contribution in [0, 0.1) is 11.6 Å². The van der Waals surface area contributed by atoms with E-state index in [-0.39, 0.29) is 61.6 Å². The van der Waals surface area contributed by atoms with Gasteiger partial charge >= 0.3 is 11.1 Å². The van der Waals surface area contributed by atoms with Crippen LogP contribution in [0.2, 0.25) is 0 Å². The minimum Gasteiger partial charge on any atom is -0.483 e. The number of halogens is 3. The van der Waals surface area contributed by atoms with E-state index in [1.165, 1.54) is 64.3 Å². The third-order valence-corrected chi connectivity index (χ3v) is 17.4. The molecule has 2 aliphatic carbocycles. The summed E-state index contributed by atoms with van der Waals surface area (Å²) in [6.07, 6.45) is 4.63. The van der Waals surface area contributed by atoms with Gasteiger partial charge in [0, 0.05) is 65.2 Å². The number of hydrogen-bond acceptors (Lipinski definition) is 13. The fraction of sp³-hybridized carbons (Fsp3) is 0.565. The van der Waals surface area contributed by atoms with E-state index in [0.29, 0.717) is 69.7 Å². The van der Waals surface area contributed by atoms with Crippen molar-refractivity contribution in [3.63, 3.8) is 0 Å². The quantitative estimate of drug-likeness (QED) is 0.204. The SMILES string of the molecule is CC(C)S(=O)(=O)N1CCN(c2cnn(-c3cccc(F)c3)c(=O)c2OC2CCC(C)(F)C2)CC1.CC(C)S(=O)(=O)N1CCN(c2cnn(-c3cccc(F)c3)c(=O)c2OC2CCC(C)(O)C2)CC1. The van der Waals surface area contributed by atoms with Gasteiger partial charge in [-0.3, -0.25) is 9.59 Å². The summed E-state index contributed by atoms with van der Waals surface area (Å²) in [5, 5.41) is 17.8. The van der Waals surface area contributed by atoms with E-state index in [4.69, 9.17) is 9.47 Å². The average Bonchev–Trinajstić information content (AvgIpc) is 3.83. The third kappa shape index (κ3) is 11.4. The lowest BCUT2D eigenvalue weighted by atomic mass is 10.1. The molecule has 4 unspecified atom stereocenters. The van der Waals surface area contributed by atoms with Crippen molar-refractivity contribution >= 4 is 31.4 Å². The van der Waals surface area contributed by atoms with Crippen LogP contribution >= 0.6 is 0 Å². The van der Waals surface area contributed by atoms with E-state index in [1.54, 1.807) is 46.8 Å². The molecule has 4 aromatic rings. The van der Waals surface area contributed by atoms with Crippen molar-refractivity contribution in [2.45, 2.75) is 114 Å². The van der Waals surface area contributed by atoms with Crippen molar-refractivity contribution in [3.8, 4) is 22.9 Å². The summed E-state index contributed by atoms with van der Waals surface area (Å²) in [4.78, 5) is 30.6. The van der Waals surface area contributed by atoms with Gasteiger partial charge in [0.15, 0.2) is 0 Å². The number of aromatic nitrogens is 4. The number of sulfonamides is 2. The van der Waals surface area contributed by atoms with E-state index in [9.17, 15) is 44.7 Å². The molecular weight excluding hydrogens is 930 g/mol. The standard InChI is InChI=1S/C23H30F2N4O4S.C23H31FN4O5S/c1-16(2)34(31,32)28-11-9-27(10-12-28)20-15-26-29(18-6-4-5-17(24)13-18)22(30)21(20)33-19-7-8-23(3,25)14-19;1-16(2)34(31,32)27-11-9-26(10-12-27)20-15-25-28(18-6-4-5-17(24)13-18)22(29)21(20)33-19-7-8-23(3,30)14-19/h4-6,13,15-16,19H,7-12,14H2,1-3H3;4-6,13,15-16,19,30H,7-12,14H2,1-3H3. The Labute approximate surface area is 395 Å². The molecule has 2 aliphatic heterocycles. The summed E-state index contributed by atoms with van der Waals surface area (Å²) >= 11 is 0. The number of aliphatic hydroxyl groups is 1. The molecule has 2 aromatic heterocycles. The van der Waals surface area contributed by atoms with Crippen LogP contribution in [-0.4, -0.2) is 136 Å². The minimum absolute atomic E-state index is 0.0159. The molecule has 1 N–H and O–H groups in total. The van der Waals surface area contributed by atoms with Crippen molar-refractivity contribution < 1.29 is 44.6 Å². The van der Waals surface area contributed by atoms with Crippen LogP contribution in [0.25, 0.3) is 11.4 Å². The zero-order valence-corrected chi connectivity index (χ0v) is 40.9. The van der Waals surface area contributed by atoms with Gasteiger partial charge in [-0.05, 0) is 104 Å². The van der Waals surface area contributed by atoms with Gasteiger partial charge in [-0.2, -0.15) is 28.2 Å². The highest BCUT2D eigenvalue weighted by Crippen LogP contribution is 2.38. The number of hydrogen-bond donors (Lipinski definition) is 1. The Kier molecular flexibility index (Phi) is 15.1. The molecule has 2 saturated carbocycles. The molecule has 8 rings (SSSR count). The number of benzene rings is 2. The molecule has 4 heterocycles. The largest absolute Gasteiger partial charge is 0.483 e. The highest BCUT2D eigenvalue weighted by atomic mass is 32.2. The normalized spacial score (nSPS) is 24.1. The molecule has 4 fully saturated rings. The number of piperazine rings is 2. The smallest absolute Gasteiger partial charge is 0.316 e. The molecule has 2 aromatic carbocycles. The molecule has 372 valence electrons. The van der Waals surface area contributed by atoms with Crippen LogP contribution < -0.4 is 30.4 Å². The Balaban J connectivity index is 0.000000201. The Hall–Kier alpha value is -5.03. The molecule has 0 radical (unpaired) electrons. The first-order chi connectivity index (χ1) is 32.0. The molecule has 2 saturated heterocycles. The molecule has 22 heteroatoms. The third-order valence-electron chi connectivity index (χ3n) is 12.9. The Morgan fingerprint density at radius 2 is 1.04 bits per heavy atom. The summed E-state index contributed by atoms with van der Waals surface area (Å²) < 4.78 is 109. The summed E-state index contributed by atoms with van der Waals surface area (Å²) in [7, 11) is -6.76. The van der Waals surface area contributed by atoms with E-state index in [0.717, 1.165) is 9.36 Å². The van der Waals surface area contributed by atoms with Gasteiger partial charge in [0.05, 0.1) is 39.9 Å². The van der Waals surface area contributed by atoms with Gasteiger partial charge in [-0.15, -0.1) is 0 Å². The summed E-state index contributed by atoms with van der Waals surface area (Å²) in [6, 6.07) is 11.1. The second-order valence-electron chi connectivity index (χ2n) is 18.9. The van der Waals surface area contributed by atoms with Crippen LogP contribution in [0.4, 0.5) is 24.5 Å². The maximum atomic E-state index is 14.4. The molecule has 0 bridgehead atoms. The maximum Gasteiger partial charge on any atom is 0.316 e. The highest BCUT2D eigenvalue weighted by Gasteiger charge is 2.39. The lowest BCUT2D eigenvalue weighted by molar-refractivity contribution is 0.0540. The topological polar surface area (TPSA) is 190 Å². The molecule has 0 spiro atoms. The van der Waals surface area contributed by atoms with Gasteiger partial charge < -0.3 is 24.4 Å². The zero-order valence-electron chi connectivity index (χ0n) is 39.2. The second kappa shape index (κ2) is 20.1. The molecule has 4 aliphatic rings. The van der Waals surface area contributed by atoms with E-state index in [1.807, 2.05) is 9.80 Å². The summed E-state index contributed by atoms with van der Waals surface area (Å²) in [6.45, 7) is 12.4. The van der Waals surface area contributed by atoms with Crippen molar-refractivity contribution in [1.82, 2.24) is 28.2 Å². The van der Waals surface area contributed by atoms with Gasteiger partial charge in [0.2, 0.25) is 31.5 Å². The van der Waals surface area contributed by atoms with Crippen LogP contribution in [0.15, 0.2) is 70.5 Å². The molecule has 0 amide bonds. The number of nitrogens with zero attached hydrogens (tertiary/aromatic N) is 8. The average molecular weight is 991 g/mol. The lowest BCUT2D eigenvalue weighted by Gasteiger charge is -2.36. The van der Waals surface area contributed by atoms with Crippen molar-refractivity contribution in [2.24, 2.45) is 0 Å². The lowest BCUT2D eigenvalue weighted by Crippen LogP contribution is -2.50. The molecular formula is C46H61F3N8O9S2. The van der Waals surface area contributed by atoms with Crippen LogP contribution in [0.1, 0.15) is 80.1 Å². The van der Waals surface area contributed by atoms with E-state index >= 15 is 0 Å². The summed E-state index contributed by atoms with van der Waals surface area (Å²) in [5.41, 5.74) is -1.94. The van der Waals surface area contributed by atoms with Gasteiger partial charge in [0.25, 0.3) is 0 Å². The van der Waals surface area contributed by atoms with Gasteiger partial charge in [0.1, 0.15) is 40.9 Å². The van der Waals surface area contributed by atoms with Gasteiger partial charge in [-0.1, -0.05) is 12.1 Å². The molecule has 4 atom stereocenters. The van der Waals surface area contributed by atoms with Crippen LogP contribution in [0.3, 0.4) is 0 Å². The predicted molar refractivity (Wildman–Crippen MR) is 252 cm³/mol. The Morgan fingerprint density at radius 3 is 1.38 bits per heavy atom. The first-order valence-electron chi connectivity index (χ1n) is 22.9. The zero-order chi connectivity index (χ0) is 49.3. The predicted octanol–water partition coefficient (Wildman–Crippen LogP) is 4.81. The minimum atomic E-state index is -3.39. The number of alkyl halides is 1. The van der Waals surface area contributed by atoms with Crippen LogP contribution in [-0.2, 0) is 20.0 Å². The number of rotatable bonds is 12. The molecule has 17 nitrogen and oxygen atoms in total. The monoisotopic (exact) mass is 990 g/mol. The Morgan fingerprint density at radius 1 is 0.647 bits per heavy atom. The fourth-order valence-electron chi connectivity index (χ4n) is 8.92. The second-order valence-corrected chi connectivity index (χ2v) is 23.9. The van der Waals surface area contributed by atoms with Crippen molar-refractivity contribution in [2.75, 3.05) is 62.2 Å². The van der Waals surface area contributed by atoms with Crippen LogP contribution in [0.5, 0.6) is 11.5 Å². The number of anilines is 2. The first-order valence-corrected chi connectivity index (χ1v) is 26.0.